The van der Waals surface area contributed by atoms with Crippen LogP contribution in [0.25, 0.3) is 0 Å². The van der Waals surface area contributed by atoms with Gasteiger partial charge in [0.1, 0.15) is 0 Å². The Morgan fingerprint density at radius 2 is 2.31 bits per heavy atom. The van der Waals surface area contributed by atoms with Crippen molar-refractivity contribution in [2.24, 2.45) is 11.3 Å². The van der Waals surface area contributed by atoms with Gasteiger partial charge in [-0.05, 0) is 31.9 Å². The second-order valence-electron chi connectivity index (χ2n) is 5.01. The first-order valence-corrected chi connectivity index (χ1v) is 6.75. The molecule has 1 aromatic rings. The van der Waals surface area contributed by atoms with E-state index in [2.05, 4.69) is 26.1 Å². The lowest BCUT2D eigenvalue weighted by Gasteiger charge is -2.30. The summed E-state index contributed by atoms with van der Waals surface area (Å²) in [4.78, 5) is 13.8. The summed E-state index contributed by atoms with van der Waals surface area (Å²) >= 11 is 1.66. The first-order chi connectivity index (χ1) is 7.56. The Morgan fingerprint density at radius 3 is 2.75 bits per heavy atom. The Morgan fingerprint density at radius 1 is 1.56 bits per heavy atom. The summed E-state index contributed by atoms with van der Waals surface area (Å²) in [5.74, 6) is 0.729. The highest BCUT2D eigenvalue weighted by Gasteiger charge is 2.44. The van der Waals surface area contributed by atoms with Gasteiger partial charge in [0.2, 0.25) is 0 Å². The minimum Gasteiger partial charge on any atom is -0.316 e. The minimum absolute atomic E-state index is 0.173. The summed E-state index contributed by atoms with van der Waals surface area (Å²) in [7, 11) is 0. The molecule has 88 valence electrons. The third kappa shape index (κ3) is 1.82. The zero-order chi connectivity index (χ0) is 11.8. The molecule has 16 heavy (non-hydrogen) atoms. The van der Waals surface area contributed by atoms with E-state index in [-0.39, 0.29) is 5.41 Å². The van der Waals surface area contributed by atoms with Gasteiger partial charge in [0.05, 0.1) is 0 Å². The van der Waals surface area contributed by atoms with Crippen molar-refractivity contribution in [2.75, 3.05) is 13.1 Å². The predicted octanol–water partition coefficient (Wildman–Crippen LogP) is 2.87. The van der Waals surface area contributed by atoms with E-state index in [1.54, 1.807) is 11.3 Å². The van der Waals surface area contributed by atoms with Crippen LogP contribution in [-0.4, -0.2) is 18.9 Å². The number of hydrogen-bond acceptors (Lipinski definition) is 3. The summed E-state index contributed by atoms with van der Waals surface area (Å²) < 4.78 is 0. The number of thiophene rings is 1. The zero-order valence-electron chi connectivity index (χ0n) is 10.2. The molecule has 0 saturated carbocycles. The van der Waals surface area contributed by atoms with Gasteiger partial charge in [0.15, 0.2) is 5.78 Å². The smallest absolute Gasteiger partial charge is 0.171 e. The van der Waals surface area contributed by atoms with Gasteiger partial charge < -0.3 is 5.32 Å². The van der Waals surface area contributed by atoms with Crippen LogP contribution in [0, 0.1) is 18.3 Å². The maximum Gasteiger partial charge on any atom is 0.171 e. The van der Waals surface area contributed by atoms with Crippen LogP contribution in [0.15, 0.2) is 11.4 Å². The normalized spacial score (nSPS) is 25.2. The van der Waals surface area contributed by atoms with Crippen molar-refractivity contribution in [1.82, 2.24) is 5.32 Å². The molecule has 1 aromatic heterocycles. The second kappa shape index (κ2) is 4.30. The molecular formula is C13H19NOS. The number of nitrogens with one attached hydrogen (secondary N) is 1. The van der Waals surface area contributed by atoms with Crippen LogP contribution >= 0.6 is 11.3 Å². The van der Waals surface area contributed by atoms with E-state index in [9.17, 15) is 4.79 Å². The Kier molecular flexibility index (Phi) is 3.17. The van der Waals surface area contributed by atoms with E-state index >= 15 is 0 Å². The Labute approximate surface area is 101 Å². The molecule has 3 heteroatoms. The predicted molar refractivity (Wildman–Crippen MR) is 68.1 cm³/mol. The third-order valence-corrected chi connectivity index (χ3v) is 4.60. The fourth-order valence-electron chi connectivity index (χ4n) is 2.51. The van der Waals surface area contributed by atoms with Crippen LogP contribution in [0.2, 0.25) is 0 Å². The molecular weight excluding hydrogens is 218 g/mol. The molecule has 2 heterocycles. The average molecular weight is 237 g/mol. The molecule has 0 aliphatic carbocycles. The van der Waals surface area contributed by atoms with Gasteiger partial charge in [0, 0.05) is 27.8 Å². The fraction of sp³-hybridized carbons (Fsp3) is 0.615. The van der Waals surface area contributed by atoms with E-state index in [0.717, 1.165) is 25.1 Å². The summed E-state index contributed by atoms with van der Waals surface area (Å²) in [5, 5.41) is 5.33. The SMILES string of the molecule is Cc1cc(C(=O)C2(C(C)C)CCNC2)cs1. The van der Waals surface area contributed by atoms with E-state index in [0.29, 0.717) is 11.7 Å². The van der Waals surface area contributed by atoms with Gasteiger partial charge >= 0.3 is 0 Å². The van der Waals surface area contributed by atoms with Crippen LogP contribution in [0.3, 0.4) is 0 Å². The lowest BCUT2D eigenvalue weighted by molar-refractivity contribution is 0.0740. The highest BCUT2D eigenvalue weighted by atomic mass is 32.1. The van der Waals surface area contributed by atoms with Crippen LogP contribution in [0.5, 0.6) is 0 Å². The molecule has 1 saturated heterocycles. The standard InChI is InChI=1S/C13H19NOS/c1-9(2)13(4-5-14-8-13)12(15)11-6-10(3)16-7-11/h6-7,9,14H,4-5,8H2,1-3H3. The van der Waals surface area contributed by atoms with Gasteiger partial charge in [-0.3, -0.25) is 4.79 Å². The zero-order valence-corrected chi connectivity index (χ0v) is 11.0. The van der Waals surface area contributed by atoms with Gasteiger partial charge in [-0.2, -0.15) is 0 Å². The molecule has 1 N–H and O–H groups in total. The number of Topliss-reactive ketones (excluding diaryl/α,β-unsaturated/α-hetero) is 1. The second-order valence-corrected chi connectivity index (χ2v) is 6.13. The number of carbonyl (C=O) groups is 1. The molecule has 1 unspecified atom stereocenters. The van der Waals surface area contributed by atoms with E-state index < -0.39 is 0 Å². The van der Waals surface area contributed by atoms with Crippen molar-refractivity contribution < 1.29 is 4.79 Å². The Hall–Kier alpha value is -0.670. The molecule has 2 nitrogen and oxygen atoms in total. The highest BCUT2D eigenvalue weighted by Crippen LogP contribution is 2.38. The molecule has 0 bridgehead atoms. The molecule has 1 atom stereocenters. The number of carbonyl (C=O) groups excluding carboxylic acids is 1. The van der Waals surface area contributed by atoms with Gasteiger partial charge in [-0.25, -0.2) is 0 Å². The van der Waals surface area contributed by atoms with Crippen molar-refractivity contribution in [3.05, 3.63) is 21.9 Å². The average Bonchev–Trinajstić information content (AvgIpc) is 2.85. The lowest BCUT2D eigenvalue weighted by atomic mass is 9.71. The van der Waals surface area contributed by atoms with Crippen molar-refractivity contribution in [3.8, 4) is 0 Å². The summed E-state index contributed by atoms with van der Waals surface area (Å²) in [5.41, 5.74) is 0.730. The molecule has 2 rings (SSSR count). The van der Waals surface area contributed by atoms with Crippen LogP contribution in [0.1, 0.15) is 35.5 Å². The van der Waals surface area contributed by atoms with Crippen molar-refractivity contribution in [3.63, 3.8) is 0 Å². The van der Waals surface area contributed by atoms with Crippen molar-refractivity contribution in [2.45, 2.75) is 27.2 Å². The monoisotopic (exact) mass is 237 g/mol. The quantitative estimate of drug-likeness (QED) is 0.819. The molecule has 1 aliphatic heterocycles. The fourth-order valence-corrected chi connectivity index (χ4v) is 3.19. The highest BCUT2D eigenvalue weighted by molar-refractivity contribution is 7.10. The first-order valence-electron chi connectivity index (χ1n) is 5.87. The number of aryl methyl sites for hydroxylation is 1. The molecule has 0 amide bonds. The molecule has 1 aliphatic rings. The number of rotatable bonds is 3. The van der Waals surface area contributed by atoms with Crippen LogP contribution in [-0.2, 0) is 0 Å². The summed E-state index contributed by atoms with van der Waals surface area (Å²) in [6.07, 6.45) is 0.971. The van der Waals surface area contributed by atoms with Gasteiger partial charge in [-0.1, -0.05) is 13.8 Å². The minimum atomic E-state index is -0.173. The van der Waals surface area contributed by atoms with Crippen LogP contribution < -0.4 is 5.32 Å². The maximum absolute atomic E-state index is 12.6. The maximum atomic E-state index is 12.6. The molecule has 0 aromatic carbocycles. The third-order valence-electron chi connectivity index (χ3n) is 3.74. The summed E-state index contributed by atoms with van der Waals surface area (Å²) in [6.45, 7) is 8.16. The van der Waals surface area contributed by atoms with E-state index in [4.69, 9.17) is 0 Å². The van der Waals surface area contributed by atoms with Gasteiger partial charge in [0.25, 0.3) is 0 Å². The topological polar surface area (TPSA) is 29.1 Å². The van der Waals surface area contributed by atoms with E-state index in [1.807, 2.05) is 11.4 Å². The number of hydrogen-bond donors (Lipinski definition) is 1. The lowest BCUT2D eigenvalue weighted by Crippen LogP contribution is -2.38. The summed E-state index contributed by atoms with van der Waals surface area (Å²) in [6, 6.07) is 2.02. The van der Waals surface area contributed by atoms with E-state index in [1.165, 1.54) is 4.88 Å². The van der Waals surface area contributed by atoms with Crippen molar-refractivity contribution >= 4 is 17.1 Å². The first kappa shape index (κ1) is 11.8. The molecule has 0 spiro atoms. The number of ketones is 1. The molecule has 1 fully saturated rings. The van der Waals surface area contributed by atoms with Crippen molar-refractivity contribution in [1.29, 1.82) is 0 Å². The Bertz CT molecular complexity index is 388. The molecule has 0 radical (unpaired) electrons. The van der Waals surface area contributed by atoms with Gasteiger partial charge in [-0.15, -0.1) is 11.3 Å². The largest absolute Gasteiger partial charge is 0.316 e. The van der Waals surface area contributed by atoms with Crippen LogP contribution in [0.4, 0.5) is 0 Å². The Balaban J connectivity index is 2.31.